The molecule has 2 aromatic carbocycles. The number of benzene rings is 2. The van der Waals surface area contributed by atoms with Crippen LogP contribution in [0, 0.1) is 4.77 Å². The molecule has 0 aliphatic carbocycles. The fourth-order valence-electron chi connectivity index (χ4n) is 2.72. The third kappa shape index (κ3) is 4.86. The van der Waals surface area contributed by atoms with E-state index in [0.717, 1.165) is 29.9 Å². The molecule has 0 atom stereocenters. The molecule has 0 saturated heterocycles. The molecule has 0 spiro atoms. The van der Waals surface area contributed by atoms with Crippen molar-refractivity contribution < 1.29 is 9.47 Å². The summed E-state index contributed by atoms with van der Waals surface area (Å²) in [5, 5.41) is 11.6. The van der Waals surface area contributed by atoms with Crippen molar-refractivity contribution in [2.24, 2.45) is 5.10 Å². The summed E-state index contributed by atoms with van der Waals surface area (Å²) in [6.07, 6.45) is 5.19. The number of aromatic nitrogens is 3. The predicted octanol–water partition coefficient (Wildman–Crippen LogP) is 5.07. The topological polar surface area (TPSA) is 64.4 Å². The Bertz CT molecular complexity index is 977. The lowest BCUT2D eigenvalue weighted by atomic mass is 10.2. The van der Waals surface area contributed by atoms with Gasteiger partial charge in [-0.3, -0.25) is 0 Å². The highest BCUT2D eigenvalue weighted by Gasteiger charge is 2.12. The fourth-order valence-corrected chi connectivity index (χ4v) is 2.90. The molecule has 0 unspecified atom stereocenters. The number of hydrogen-bond donors (Lipinski definition) is 1. The summed E-state index contributed by atoms with van der Waals surface area (Å²) in [5.41, 5.74) is 1.75. The molecule has 3 rings (SSSR count). The van der Waals surface area contributed by atoms with Crippen LogP contribution in [-0.2, 0) is 0 Å². The van der Waals surface area contributed by atoms with Crippen molar-refractivity contribution in [2.45, 2.75) is 26.2 Å². The zero-order chi connectivity index (χ0) is 19.8. The first-order valence-corrected chi connectivity index (χ1v) is 9.71. The smallest absolute Gasteiger partial charge is 0.216 e. The molecule has 3 aromatic rings. The molecule has 6 nitrogen and oxygen atoms in total. The van der Waals surface area contributed by atoms with Crippen LogP contribution in [0.4, 0.5) is 0 Å². The monoisotopic (exact) mass is 396 g/mol. The van der Waals surface area contributed by atoms with E-state index in [-0.39, 0.29) is 0 Å². The van der Waals surface area contributed by atoms with Gasteiger partial charge < -0.3 is 9.47 Å². The highest BCUT2D eigenvalue weighted by molar-refractivity contribution is 7.71. The first-order valence-electron chi connectivity index (χ1n) is 9.31. The van der Waals surface area contributed by atoms with E-state index in [1.807, 2.05) is 48.5 Å². The van der Waals surface area contributed by atoms with Crippen LogP contribution < -0.4 is 9.47 Å². The summed E-state index contributed by atoms with van der Waals surface area (Å²) in [7, 11) is 1.62. The molecule has 0 amide bonds. The number of hydrogen-bond acceptors (Lipinski definition) is 5. The zero-order valence-electron chi connectivity index (χ0n) is 16.1. The standard InChI is InChI=1S/C21H24N4O2S/c1-3-4-7-14-27-17-12-10-16(11-13-17)15-22-25-20(23-24-21(25)28)18-8-5-6-9-19(18)26-2/h5-6,8-13,15H,3-4,7,14H2,1-2H3,(H,24,28)/b22-15+. The Labute approximate surface area is 169 Å². The normalized spacial score (nSPS) is 11.1. The van der Waals surface area contributed by atoms with Crippen molar-refractivity contribution in [3.8, 4) is 22.9 Å². The van der Waals surface area contributed by atoms with Crippen LogP contribution in [0.5, 0.6) is 11.5 Å². The first kappa shape index (κ1) is 19.8. The molecule has 7 heteroatoms. The lowest BCUT2D eigenvalue weighted by molar-refractivity contribution is 0.306. The number of nitrogens with one attached hydrogen (secondary N) is 1. The van der Waals surface area contributed by atoms with E-state index in [4.69, 9.17) is 21.7 Å². The Morgan fingerprint density at radius 1 is 1.14 bits per heavy atom. The van der Waals surface area contributed by atoms with Gasteiger partial charge >= 0.3 is 0 Å². The van der Waals surface area contributed by atoms with Crippen molar-refractivity contribution in [3.05, 3.63) is 58.9 Å². The minimum Gasteiger partial charge on any atom is -0.496 e. The SMILES string of the molecule is CCCCCOc1ccc(/C=N/n2c(-c3ccccc3OC)n[nH]c2=S)cc1. The summed E-state index contributed by atoms with van der Waals surface area (Å²) >= 11 is 5.33. The van der Waals surface area contributed by atoms with E-state index in [1.165, 1.54) is 12.8 Å². The third-order valence-electron chi connectivity index (χ3n) is 4.22. The third-order valence-corrected chi connectivity index (χ3v) is 4.48. The second kappa shape index (κ2) is 9.85. The minimum absolute atomic E-state index is 0.410. The molecule has 1 heterocycles. The summed E-state index contributed by atoms with van der Waals surface area (Å²) in [5.74, 6) is 2.16. The fraction of sp³-hybridized carbons (Fsp3) is 0.286. The molecule has 0 aliphatic rings. The van der Waals surface area contributed by atoms with Crippen LogP contribution in [0.3, 0.4) is 0 Å². The Kier molecular flexibility index (Phi) is 6.97. The van der Waals surface area contributed by atoms with Crippen molar-refractivity contribution in [2.75, 3.05) is 13.7 Å². The molecule has 0 bridgehead atoms. The van der Waals surface area contributed by atoms with Crippen molar-refractivity contribution in [1.82, 2.24) is 14.9 Å². The van der Waals surface area contributed by atoms with Crippen LogP contribution in [0.2, 0.25) is 0 Å². The van der Waals surface area contributed by atoms with Gasteiger partial charge in [-0.25, -0.2) is 5.10 Å². The summed E-state index contributed by atoms with van der Waals surface area (Å²) in [6, 6.07) is 15.4. The minimum atomic E-state index is 0.410. The van der Waals surface area contributed by atoms with Gasteiger partial charge in [0.1, 0.15) is 11.5 Å². The number of unbranched alkanes of at least 4 members (excludes halogenated alkanes) is 2. The average Bonchev–Trinajstić information content (AvgIpc) is 3.10. The largest absolute Gasteiger partial charge is 0.496 e. The highest BCUT2D eigenvalue weighted by atomic mass is 32.1. The van der Waals surface area contributed by atoms with Gasteiger partial charge in [-0.1, -0.05) is 31.9 Å². The zero-order valence-corrected chi connectivity index (χ0v) is 16.9. The van der Waals surface area contributed by atoms with Crippen LogP contribution in [0.25, 0.3) is 11.4 Å². The van der Waals surface area contributed by atoms with Crippen molar-refractivity contribution in [3.63, 3.8) is 0 Å². The van der Waals surface area contributed by atoms with Gasteiger partial charge in [-0.05, 0) is 60.6 Å². The molecule has 0 radical (unpaired) electrons. The maximum atomic E-state index is 5.74. The molecule has 0 fully saturated rings. The number of ether oxygens (including phenoxy) is 2. The maximum absolute atomic E-state index is 5.74. The number of nitrogens with zero attached hydrogens (tertiary/aromatic N) is 3. The molecule has 0 aliphatic heterocycles. The Balaban J connectivity index is 1.76. The lowest BCUT2D eigenvalue weighted by Gasteiger charge is -2.07. The first-order chi connectivity index (χ1) is 13.7. The molecular weight excluding hydrogens is 372 g/mol. The predicted molar refractivity (Wildman–Crippen MR) is 114 cm³/mol. The summed E-state index contributed by atoms with van der Waals surface area (Å²) in [4.78, 5) is 0. The van der Waals surface area contributed by atoms with Crippen LogP contribution >= 0.6 is 12.2 Å². The molecule has 146 valence electrons. The molecule has 1 aromatic heterocycles. The van der Waals surface area contributed by atoms with E-state index >= 15 is 0 Å². The van der Waals surface area contributed by atoms with Gasteiger partial charge in [-0.2, -0.15) is 14.9 Å². The highest BCUT2D eigenvalue weighted by Crippen LogP contribution is 2.28. The number of H-pyrrole nitrogens is 1. The van der Waals surface area contributed by atoms with Gasteiger partial charge in [0, 0.05) is 0 Å². The summed E-state index contributed by atoms with van der Waals surface area (Å²) in [6.45, 7) is 2.92. The second-order valence-corrected chi connectivity index (χ2v) is 6.62. The van der Waals surface area contributed by atoms with E-state index in [2.05, 4.69) is 22.2 Å². The second-order valence-electron chi connectivity index (χ2n) is 6.23. The lowest BCUT2D eigenvalue weighted by Crippen LogP contribution is -1.98. The van der Waals surface area contributed by atoms with Crippen molar-refractivity contribution >= 4 is 18.4 Å². The van der Waals surface area contributed by atoms with Gasteiger partial charge in [0.25, 0.3) is 0 Å². The van der Waals surface area contributed by atoms with E-state index in [9.17, 15) is 0 Å². The number of methoxy groups -OCH3 is 1. The molecule has 28 heavy (non-hydrogen) atoms. The van der Waals surface area contributed by atoms with Crippen LogP contribution in [0.15, 0.2) is 53.6 Å². The van der Waals surface area contributed by atoms with Gasteiger partial charge in [0.15, 0.2) is 5.82 Å². The van der Waals surface area contributed by atoms with Crippen LogP contribution in [0.1, 0.15) is 31.7 Å². The van der Waals surface area contributed by atoms with Gasteiger partial charge in [-0.15, -0.1) is 0 Å². The quantitative estimate of drug-likeness (QED) is 0.312. The Hall–Kier alpha value is -2.93. The number of rotatable bonds is 9. The number of aromatic amines is 1. The molecule has 0 saturated carbocycles. The van der Waals surface area contributed by atoms with E-state index < -0.39 is 0 Å². The van der Waals surface area contributed by atoms with Crippen LogP contribution in [-0.4, -0.2) is 34.8 Å². The Morgan fingerprint density at radius 3 is 2.68 bits per heavy atom. The van der Waals surface area contributed by atoms with Gasteiger partial charge in [0.05, 0.1) is 25.5 Å². The van der Waals surface area contributed by atoms with E-state index in [0.29, 0.717) is 16.3 Å². The molecule has 1 N–H and O–H groups in total. The van der Waals surface area contributed by atoms with Gasteiger partial charge in [0.2, 0.25) is 4.77 Å². The number of para-hydroxylation sites is 1. The maximum Gasteiger partial charge on any atom is 0.216 e. The van der Waals surface area contributed by atoms with E-state index in [1.54, 1.807) is 18.0 Å². The molecular formula is C21H24N4O2S. The Morgan fingerprint density at radius 2 is 1.93 bits per heavy atom. The van der Waals surface area contributed by atoms with Crippen molar-refractivity contribution in [1.29, 1.82) is 0 Å². The summed E-state index contributed by atoms with van der Waals surface area (Å²) < 4.78 is 13.2. The average molecular weight is 397 g/mol.